The van der Waals surface area contributed by atoms with Crippen molar-refractivity contribution < 1.29 is 18.6 Å². The van der Waals surface area contributed by atoms with E-state index in [1.54, 1.807) is 0 Å². The molecule has 1 unspecified atom stereocenters. The van der Waals surface area contributed by atoms with Gasteiger partial charge in [0.15, 0.2) is 0 Å². The molecule has 0 bridgehead atoms. The summed E-state index contributed by atoms with van der Waals surface area (Å²) in [6.07, 6.45) is 0.632. The summed E-state index contributed by atoms with van der Waals surface area (Å²) in [5.74, 6) is 0. The van der Waals surface area contributed by atoms with Gasteiger partial charge >= 0.3 is 14.2 Å². The lowest BCUT2D eigenvalue weighted by molar-refractivity contribution is -0.00851. The largest absolute Gasteiger partial charge is 0.497 e. The van der Waals surface area contributed by atoms with Crippen molar-refractivity contribution in [3.63, 3.8) is 0 Å². The van der Waals surface area contributed by atoms with Crippen LogP contribution in [0.15, 0.2) is 170 Å². The van der Waals surface area contributed by atoms with E-state index in [-0.39, 0.29) is 0 Å². The van der Waals surface area contributed by atoms with Crippen LogP contribution in [0.25, 0.3) is 124 Å². The van der Waals surface area contributed by atoms with E-state index < -0.39 is 36.6 Å². The summed E-state index contributed by atoms with van der Waals surface area (Å²) in [7, 11) is -1.23. The first-order valence-corrected chi connectivity index (χ1v) is 27.6. The number of thiophene rings is 1. The third-order valence-corrected chi connectivity index (χ3v) is 19.8. The topological polar surface area (TPSA) is 50.7 Å². The van der Waals surface area contributed by atoms with Gasteiger partial charge in [0.2, 0.25) is 0 Å². The van der Waals surface area contributed by atoms with Crippen LogP contribution in [-0.4, -0.2) is 50.0 Å². The first kappa shape index (κ1) is 43.8. The zero-order valence-electron chi connectivity index (χ0n) is 43.4. The van der Waals surface area contributed by atoms with E-state index in [1.165, 1.54) is 102 Å². The molecule has 0 radical (unpaired) electrons. The Morgan fingerprint density at radius 1 is 0.382 bits per heavy atom. The molecule has 2 saturated heterocycles. The molecule has 8 heterocycles. The fraction of sp³-hybridized carbons (Fsp3) is 0.182. The van der Waals surface area contributed by atoms with Crippen molar-refractivity contribution in [1.82, 2.24) is 13.4 Å². The minimum atomic E-state index is -0.748. The van der Waals surface area contributed by atoms with Crippen LogP contribution >= 0.6 is 11.3 Å². The van der Waals surface area contributed by atoms with Crippen molar-refractivity contribution in [3.8, 4) is 5.69 Å². The van der Waals surface area contributed by atoms with Crippen LogP contribution in [0, 0.1) is 0 Å². The maximum Gasteiger partial charge on any atom is 0.497 e. The van der Waals surface area contributed by atoms with Gasteiger partial charge in [0, 0.05) is 86.3 Å². The number of para-hydroxylation sites is 5. The zero-order chi connectivity index (χ0) is 50.9. The highest BCUT2D eigenvalue weighted by Crippen LogP contribution is 2.50. The molecule has 76 heavy (non-hydrogen) atoms. The molecule has 0 N–H and O–H groups in total. The van der Waals surface area contributed by atoms with Gasteiger partial charge in [-0.15, -0.1) is 11.3 Å². The Kier molecular flexibility index (Phi) is 8.37. The molecule has 2 fully saturated rings. The normalized spacial score (nSPS) is 18.9. The van der Waals surface area contributed by atoms with Gasteiger partial charge in [-0.25, -0.2) is 0 Å². The first-order chi connectivity index (χ1) is 36.8. The fourth-order valence-corrected chi connectivity index (χ4v) is 15.2. The van der Waals surface area contributed by atoms with Crippen LogP contribution in [0.2, 0.25) is 0 Å². The molecule has 366 valence electrons. The number of aromatic nitrogens is 3. The Labute approximate surface area is 442 Å². The van der Waals surface area contributed by atoms with Crippen LogP contribution in [0.5, 0.6) is 0 Å². The lowest BCUT2D eigenvalue weighted by Crippen LogP contribution is -2.46. The highest BCUT2D eigenvalue weighted by atomic mass is 32.1. The summed E-state index contributed by atoms with van der Waals surface area (Å²) in [5, 5.41) is 14.8. The van der Waals surface area contributed by atoms with E-state index >= 15 is 0 Å². The van der Waals surface area contributed by atoms with Crippen molar-refractivity contribution in [3.05, 3.63) is 175 Å². The van der Waals surface area contributed by atoms with E-state index in [9.17, 15) is 0 Å². The van der Waals surface area contributed by atoms with Crippen LogP contribution in [-0.2, 0) is 25.0 Å². The Morgan fingerprint density at radius 2 is 0.868 bits per heavy atom. The lowest BCUT2D eigenvalue weighted by atomic mass is 9.77. The average Bonchev–Trinajstić information content (AvgIpc) is 4.34. The second-order valence-corrected chi connectivity index (χ2v) is 24.5. The average molecular weight is 1000 g/mol. The van der Waals surface area contributed by atoms with Crippen molar-refractivity contribution in [2.24, 2.45) is 0 Å². The number of hydrogen-bond donors (Lipinski definition) is 0. The second kappa shape index (κ2) is 14.5. The van der Waals surface area contributed by atoms with Crippen LogP contribution in [0.1, 0.15) is 54.0 Å². The third-order valence-electron chi connectivity index (χ3n) is 18.6. The van der Waals surface area contributed by atoms with Crippen LogP contribution < -0.4 is 10.9 Å². The standard InChI is InChI=1S/C66H51B2N3O4S/c1-63(2)64(3,4)73-67(72-63)48-33-35-53-57-55-42(46-26-16-24-44-40-21-12-14-28-50(40)71(59(44)46)61(48)57)31-30-37(62(55)76-53)36-66(7)65(5,6)74-68(75-66)47-32-34-52-56-54-41(22-17-29-51(54)69(52)38-18-9-8-10-19-38)45-25-15-23-43-39-20-11-13-27-49(39)70(58(43)45)60(47)56/h8-35H,36H2,1-7H3. The molecular weight excluding hydrogens is 952 g/mol. The molecule has 0 amide bonds. The summed E-state index contributed by atoms with van der Waals surface area (Å²) >= 11 is 1.88. The maximum absolute atomic E-state index is 7.68. The van der Waals surface area contributed by atoms with Gasteiger partial charge in [-0.05, 0) is 107 Å². The maximum atomic E-state index is 7.68. The molecule has 10 heteroatoms. The molecule has 17 rings (SSSR count). The molecule has 2 aliphatic heterocycles. The first-order valence-electron chi connectivity index (χ1n) is 26.7. The second-order valence-electron chi connectivity index (χ2n) is 23.4. The van der Waals surface area contributed by atoms with E-state index in [4.69, 9.17) is 18.6 Å². The molecule has 15 aromatic rings. The van der Waals surface area contributed by atoms with Crippen LogP contribution in [0.4, 0.5) is 0 Å². The van der Waals surface area contributed by atoms with Gasteiger partial charge in [-0.1, -0.05) is 127 Å². The molecule has 7 nitrogen and oxygen atoms in total. The minimum Gasteiger partial charge on any atom is -0.399 e. The number of benzene rings is 9. The Bertz CT molecular complexity index is 4990. The van der Waals surface area contributed by atoms with Gasteiger partial charge in [0.25, 0.3) is 0 Å². The monoisotopic (exact) mass is 1000 g/mol. The van der Waals surface area contributed by atoms with Crippen molar-refractivity contribution in [2.45, 2.75) is 77.3 Å². The Balaban J connectivity index is 0.895. The zero-order valence-corrected chi connectivity index (χ0v) is 44.2. The van der Waals surface area contributed by atoms with Crippen molar-refractivity contribution >= 4 is 155 Å². The molecule has 0 spiro atoms. The molecule has 6 aromatic heterocycles. The van der Waals surface area contributed by atoms with Gasteiger partial charge in [0.1, 0.15) is 0 Å². The SMILES string of the molecule is CC1(C)OB(c2ccc3sc4c(CC5(C)OB(c6ccc7c8c9c(cccc9n7-c7ccccc7)c7cccc9c%10ccccc%10n(c68)c79)OC5(C)C)ccc5c6cccc7c8ccccc8n(c2c3c45)c67)OC1(C)C. The fourth-order valence-electron chi connectivity index (χ4n) is 13.9. The van der Waals surface area contributed by atoms with E-state index in [0.717, 1.165) is 38.7 Å². The Hall–Kier alpha value is -7.43. The third kappa shape index (κ3) is 5.38. The van der Waals surface area contributed by atoms with Crippen molar-refractivity contribution in [2.75, 3.05) is 0 Å². The quantitative estimate of drug-likeness (QED) is 0.161. The summed E-state index contributed by atoms with van der Waals surface area (Å²) < 4.78 is 39.0. The Morgan fingerprint density at radius 3 is 1.53 bits per heavy atom. The molecule has 0 saturated carbocycles. The number of rotatable bonds is 5. The van der Waals surface area contributed by atoms with Gasteiger partial charge in [-0.3, -0.25) is 0 Å². The molecule has 2 aliphatic rings. The van der Waals surface area contributed by atoms with Crippen LogP contribution in [0.3, 0.4) is 0 Å². The number of nitrogens with zero attached hydrogens (tertiary/aromatic N) is 3. The van der Waals surface area contributed by atoms with E-state index in [1.807, 2.05) is 11.3 Å². The highest BCUT2D eigenvalue weighted by molar-refractivity contribution is 7.26. The van der Waals surface area contributed by atoms with E-state index in [2.05, 4.69) is 232 Å². The summed E-state index contributed by atoms with van der Waals surface area (Å²) in [4.78, 5) is 0. The summed E-state index contributed by atoms with van der Waals surface area (Å²) in [5.41, 5.74) is 11.3. The van der Waals surface area contributed by atoms with E-state index in [0.29, 0.717) is 6.42 Å². The molecule has 0 aliphatic carbocycles. The van der Waals surface area contributed by atoms with Gasteiger partial charge in [-0.2, -0.15) is 0 Å². The van der Waals surface area contributed by atoms with Gasteiger partial charge < -0.3 is 32.0 Å². The molecule has 1 atom stereocenters. The highest BCUT2D eigenvalue weighted by Gasteiger charge is 2.56. The smallest absolute Gasteiger partial charge is 0.399 e. The summed E-state index contributed by atoms with van der Waals surface area (Å²) in [6, 6.07) is 62.8. The predicted octanol–water partition coefficient (Wildman–Crippen LogP) is 15.3. The minimum absolute atomic E-state index is 0.506. The summed E-state index contributed by atoms with van der Waals surface area (Å²) in [6.45, 7) is 15.3. The predicted molar refractivity (Wildman–Crippen MR) is 319 cm³/mol. The number of hydrogen-bond acceptors (Lipinski definition) is 5. The number of fused-ring (bicyclic) bond motifs is 10. The lowest BCUT2D eigenvalue weighted by Gasteiger charge is -2.36. The molecular formula is C66H51B2N3O4S. The van der Waals surface area contributed by atoms with Crippen molar-refractivity contribution in [1.29, 1.82) is 0 Å². The van der Waals surface area contributed by atoms with Gasteiger partial charge in [0.05, 0.1) is 66.5 Å². The molecule has 9 aromatic carbocycles.